The predicted molar refractivity (Wildman–Crippen MR) is 74.5 cm³/mol. The van der Waals surface area contributed by atoms with E-state index in [1.54, 1.807) is 19.2 Å². The van der Waals surface area contributed by atoms with E-state index in [1.807, 2.05) is 0 Å². The second-order valence-corrected chi connectivity index (χ2v) is 5.85. The average molecular weight is 296 g/mol. The highest BCUT2D eigenvalue weighted by molar-refractivity contribution is 7.14. The zero-order valence-electron chi connectivity index (χ0n) is 11.5. The zero-order valence-corrected chi connectivity index (χ0v) is 12.3. The molecule has 0 radical (unpaired) electrons. The van der Waals surface area contributed by atoms with E-state index in [2.05, 4.69) is 15.6 Å². The Morgan fingerprint density at radius 1 is 1.50 bits per heavy atom. The molecule has 1 saturated heterocycles. The number of anilines is 1. The minimum Gasteiger partial charge on any atom is -0.352 e. The number of carbonyl (C=O) groups is 3. The SMILES string of the molecule is CC(=O)Nc1nc(C(=O)N2CCNC(=O)C2(C)C)cs1. The molecule has 20 heavy (non-hydrogen) atoms. The summed E-state index contributed by atoms with van der Waals surface area (Å²) in [5.41, 5.74) is -0.672. The van der Waals surface area contributed by atoms with Crippen molar-refractivity contribution in [3.8, 4) is 0 Å². The highest BCUT2D eigenvalue weighted by Crippen LogP contribution is 2.23. The predicted octanol–water partition coefficient (Wildman–Crippen LogP) is 0.452. The number of aromatic nitrogens is 1. The summed E-state index contributed by atoms with van der Waals surface area (Å²) in [7, 11) is 0. The molecule has 1 aromatic rings. The fourth-order valence-corrected chi connectivity index (χ4v) is 2.70. The lowest BCUT2D eigenvalue weighted by molar-refractivity contribution is -0.133. The van der Waals surface area contributed by atoms with Crippen molar-refractivity contribution in [3.63, 3.8) is 0 Å². The van der Waals surface area contributed by atoms with Gasteiger partial charge < -0.3 is 15.5 Å². The minimum atomic E-state index is -0.910. The van der Waals surface area contributed by atoms with E-state index < -0.39 is 5.54 Å². The van der Waals surface area contributed by atoms with Gasteiger partial charge in [-0.05, 0) is 13.8 Å². The third-order valence-corrected chi connectivity index (χ3v) is 3.86. The monoisotopic (exact) mass is 296 g/mol. The van der Waals surface area contributed by atoms with E-state index in [1.165, 1.54) is 23.2 Å². The number of nitrogens with one attached hydrogen (secondary N) is 2. The molecule has 8 heteroatoms. The van der Waals surface area contributed by atoms with Gasteiger partial charge in [0.2, 0.25) is 11.8 Å². The topological polar surface area (TPSA) is 91.4 Å². The molecule has 1 aromatic heterocycles. The Labute approximate surface area is 120 Å². The van der Waals surface area contributed by atoms with Crippen LogP contribution in [0.25, 0.3) is 0 Å². The average Bonchev–Trinajstić information content (AvgIpc) is 2.79. The van der Waals surface area contributed by atoms with Crippen LogP contribution in [0.15, 0.2) is 5.38 Å². The van der Waals surface area contributed by atoms with E-state index in [0.29, 0.717) is 18.2 Å². The summed E-state index contributed by atoms with van der Waals surface area (Å²) < 4.78 is 0. The zero-order chi connectivity index (χ0) is 14.9. The van der Waals surface area contributed by atoms with Crippen LogP contribution >= 0.6 is 11.3 Å². The van der Waals surface area contributed by atoms with Crippen LogP contribution in [-0.2, 0) is 9.59 Å². The van der Waals surface area contributed by atoms with Gasteiger partial charge in [-0.3, -0.25) is 14.4 Å². The molecule has 0 spiro atoms. The van der Waals surface area contributed by atoms with Crippen LogP contribution in [0.5, 0.6) is 0 Å². The Balaban J connectivity index is 2.20. The Hall–Kier alpha value is -1.96. The molecule has 0 saturated carbocycles. The molecule has 0 bridgehead atoms. The lowest BCUT2D eigenvalue weighted by atomic mass is 9.98. The molecule has 0 aromatic carbocycles. The highest BCUT2D eigenvalue weighted by atomic mass is 32.1. The summed E-state index contributed by atoms with van der Waals surface area (Å²) in [4.78, 5) is 40.8. The lowest BCUT2D eigenvalue weighted by Gasteiger charge is -2.40. The van der Waals surface area contributed by atoms with Crippen LogP contribution < -0.4 is 10.6 Å². The highest BCUT2D eigenvalue weighted by Gasteiger charge is 2.41. The van der Waals surface area contributed by atoms with Gasteiger partial charge in [-0.1, -0.05) is 0 Å². The molecule has 1 aliphatic rings. The Bertz CT molecular complexity index is 567. The molecule has 7 nitrogen and oxygen atoms in total. The van der Waals surface area contributed by atoms with Crippen molar-refractivity contribution in [1.29, 1.82) is 0 Å². The van der Waals surface area contributed by atoms with Crippen LogP contribution in [-0.4, -0.2) is 46.2 Å². The summed E-state index contributed by atoms with van der Waals surface area (Å²) in [6, 6.07) is 0. The number of piperazine rings is 1. The van der Waals surface area contributed by atoms with Gasteiger partial charge in [0.1, 0.15) is 11.2 Å². The van der Waals surface area contributed by atoms with Gasteiger partial charge in [0.05, 0.1) is 0 Å². The van der Waals surface area contributed by atoms with E-state index in [0.717, 1.165) is 0 Å². The van der Waals surface area contributed by atoms with Gasteiger partial charge in [-0.2, -0.15) is 0 Å². The molecule has 3 amide bonds. The first-order valence-corrected chi connectivity index (χ1v) is 7.03. The lowest BCUT2D eigenvalue weighted by Crippen LogP contribution is -2.63. The normalized spacial score (nSPS) is 17.6. The van der Waals surface area contributed by atoms with Gasteiger partial charge >= 0.3 is 0 Å². The van der Waals surface area contributed by atoms with Crippen molar-refractivity contribution in [3.05, 3.63) is 11.1 Å². The number of thiazole rings is 1. The number of carbonyl (C=O) groups excluding carboxylic acids is 3. The van der Waals surface area contributed by atoms with Crippen LogP contribution in [0.4, 0.5) is 5.13 Å². The maximum atomic E-state index is 12.4. The van der Waals surface area contributed by atoms with Crippen LogP contribution in [0.3, 0.4) is 0 Å². The largest absolute Gasteiger partial charge is 0.352 e. The molecule has 0 atom stereocenters. The van der Waals surface area contributed by atoms with Crippen molar-refractivity contribution in [1.82, 2.24) is 15.2 Å². The first-order chi connectivity index (χ1) is 9.32. The molecular formula is C12H16N4O3S. The molecule has 2 rings (SSSR count). The van der Waals surface area contributed by atoms with Crippen LogP contribution in [0.2, 0.25) is 0 Å². The minimum absolute atomic E-state index is 0.186. The van der Waals surface area contributed by atoms with E-state index >= 15 is 0 Å². The van der Waals surface area contributed by atoms with Crippen molar-refractivity contribution >= 4 is 34.2 Å². The van der Waals surface area contributed by atoms with Crippen molar-refractivity contribution in [2.45, 2.75) is 26.3 Å². The smallest absolute Gasteiger partial charge is 0.274 e. The maximum absolute atomic E-state index is 12.4. The molecule has 0 aliphatic carbocycles. The van der Waals surface area contributed by atoms with E-state index in [9.17, 15) is 14.4 Å². The van der Waals surface area contributed by atoms with E-state index in [4.69, 9.17) is 0 Å². The molecule has 2 heterocycles. The Morgan fingerprint density at radius 3 is 2.85 bits per heavy atom. The Morgan fingerprint density at radius 2 is 2.20 bits per heavy atom. The molecule has 1 fully saturated rings. The quantitative estimate of drug-likeness (QED) is 0.829. The number of hydrogen-bond acceptors (Lipinski definition) is 5. The summed E-state index contributed by atoms with van der Waals surface area (Å²) in [6.45, 7) is 5.63. The van der Waals surface area contributed by atoms with Crippen molar-refractivity contribution in [2.24, 2.45) is 0 Å². The van der Waals surface area contributed by atoms with Gasteiger partial charge in [0, 0.05) is 25.4 Å². The van der Waals surface area contributed by atoms with Gasteiger partial charge in [0.15, 0.2) is 5.13 Å². The fraction of sp³-hybridized carbons (Fsp3) is 0.500. The molecule has 2 N–H and O–H groups in total. The van der Waals surface area contributed by atoms with Gasteiger partial charge in [0.25, 0.3) is 5.91 Å². The summed E-state index contributed by atoms with van der Waals surface area (Å²) >= 11 is 1.18. The molecule has 1 aliphatic heterocycles. The number of amides is 3. The third kappa shape index (κ3) is 2.64. The van der Waals surface area contributed by atoms with Gasteiger partial charge in [-0.25, -0.2) is 4.98 Å². The molecular weight excluding hydrogens is 280 g/mol. The van der Waals surface area contributed by atoms with Crippen molar-refractivity contribution < 1.29 is 14.4 Å². The first-order valence-electron chi connectivity index (χ1n) is 6.16. The second kappa shape index (κ2) is 5.20. The van der Waals surface area contributed by atoms with Gasteiger partial charge in [-0.15, -0.1) is 11.3 Å². The van der Waals surface area contributed by atoms with E-state index in [-0.39, 0.29) is 23.4 Å². The summed E-state index contributed by atoms with van der Waals surface area (Å²) in [6.07, 6.45) is 0. The van der Waals surface area contributed by atoms with Crippen molar-refractivity contribution in [2.75, 3.05) is 18.4 Å². The fourth-order valence-electron chi connectivity index (χ4n) is 1.97. The second-order valence-electron chi connectivity index (χ2n) is 4.99. The van der Waals surface area contributed by atoms with Crippen LogP contribution in [0.1, 0.15) is 31.3 Å². The third-order valence-electron chi connectivity index (χ3n) is 3.10. The summed E-state index contributed by atoms with van der Waals surface area (Å²) in [5.74, 6) is -0.733. The molecule has 108 valence electrons. The number of nitrogens with zero attached hydrogens (tertiary/aromatic N) is 2. The first kappa shape index (κ1) is 14.4. The number of hydrogen-bond donors (Lipinski definition) is 2. The maximum Gasteiger partial charge on any atom is 0.274 e. The molecule has 0 unspecified atom stereocenters. The Kier molecular flexibility index (Phi) is 3.76. The standard InChI is InChI=1S/C12H16N4O3S/c1-7(17)14-11-15-8(6-20-11)9(18)16-5-4-13-10(19)12(16,2)3/h6H,4-5H2,1-3H3,(H,13,19)(H,14,15,17). The van der Waals surface area contributed by atoms with Crippen LogP contribution in [0, 0.1) is 0 Å². The summed E-state index contributed by atoms with van der Waals surface area (Å²) in [5, 5.41) is 7.22. The number of rotatable bonds is 2.